The summed E-state index contributed by atoms with van der Waals surface area (Å²) in [6, 6.07) is 17.2. The highest BCUT2D eigenvalue weighted by atomic mass is 32.2. The summed E-state index contributed by atoms with van der Waals surface area (Å²) in [5.41, 5.74) is 3.30. The van der Waals surface area contributed by atoms with Gasteiger partial charge in [0.1, 0.15) is 0 Å². The van der Waals surface area contributed by atoms with E-state index in [0.29, 0.717) is 44.8 Å². The molecule has 29 heavy (non-hydrogen) atoms. The second-order valence-electron chi connectivity index (χ2n) is 7.27. The van der Waals surface area contributed by atoms with Gasteiger partial charge < -0.3 is 10.1 Å². The van der Waals surface area contributed by atoms with Crippen LogP contribution in [0, 0.1) is 11.3 Å². The molecule has 1 atom stereocenters. The van der Waals surface area contributed by atoms with Crippen LogP contribution in [0.4, 0.5) is 5.69 Å². The Labute approximate surface area is 171 Å². The van der Waals surface area contributed by atoms with Crippen LogP contribution in [0.15, 0.2) is 48.5 Å². The molecule has 0 bridgehead atoms. The Morgan fingerprint density at radius 2 is 1.90 bits per heavy atom. The van der Waals surface area contributed by atoms with Crippen LogP contribution in [0.5, 0.6) is 0 Å². The van der Waals surface area contributed by atoms with Gasteiger partial charge >= 0.3 is 0 Å². The van der Waals surface area contributed by atoms with E-state index in [0.717, 1.165) is 16.8 Å². The first-order valence-corrected chi connectivity index (χ1v) is 11.1. The average molecular weight is 413 g/mol. The molecule has 1 fully saturated rings. The van der Waals surface area contributed by atoms with E-state index in [2.05, 4.69) is 11.4 Å². The zero-order chi connectivity index (χ0) is 20.3. The Bertz CT molecular complexity index is 998. The van der Waals surface area contributed by atoms with Crippen molar-refractivity contribution in [3.05, 3.63) is 65.2 Å². The van der Waals surface area contributed by atoms with Crippen LogP contribution in [0.3, 0.4) is 0 Å². The van der Waals surface area contributed by atoms with Gasteiger partial charge in [-0.1, -0.05) is 30.3 Å². The lowest BCUT2D eigenvalue weighted by Crippen LogP contribution is -2.52. The fourth-order valence-corrected chi connectivity index (χ4v) is 5.58. The molecule has 1 N–H and O–H groups in total. The summed E-state index contributed by atoms with van der Waals surface area (Å²) >= 11 is 0. The smallest absolute Gasteiger partial charge is 0.282 e. The van der Waals surface area contributed by atoms with Crippen molar-refractivity contribution in [2.24, 2.45) is 0 Å². The van der Waals surface area contributed by atoms with Gasteiger partial charge in [0, 0.05) is 37.9 Å². The molecule has 2 aromatic carbocycles. The highest BCUT2D eigenvalue weighted by molar-refractivity contribution is 7.86. The van der Waals surface area contributed by atoms with Crippen molar-refractivity contribution in [3.63, 3.8) is 0 Å². The fourth-order valence-electron chi connectivity index (χ4n) is 3.85. The van der Waals surface area contributed by atoms with Gasteiger partial charge in [-0.15, -0.1) is 0 Å². The molecule has 7 nitrogen and oxygen atoms in total. The van der Waals surface area contributed by atoms with Crippen molar-refractivity contribution in [1.29, 1.82) is 5.26 Å². The van der Waals surface area contributed by atoms with Crippen molar-refractivity contribution in [2.45, 2.75) is 19.0 Å². The number of benzene rings is 2. The zero-order valence-electron chi connectivity index (χ0n) is 16.1. The van der Waals surface area contributed by atoms with Gasteiger partial charge in [0.2, 0.25) is 0 Å². The third kappa shape index (κ3) is 4.28. The lowest BCUT2D eigenvalue weighted by molar-refractivity contribution is 0.0691. The van der Waals surface area contributed by atoms with E-state index in [-0.39, 0.29) is 12.6 Å². The number of nitrogens with zero attached hydrogens (tertiary/aromatic N) is 3. The topological polar surface area (TPSA) is 85.7 Å². The predicted molar refractivity (Wildman–Crippen MR) is 110 cm³/mol. The van der Waals surface area contributed by atoms with Crippen LogP contribution in [0.25, 0.3) is 0 Å². The summed E-state index contributed by atoms with van der Waals surface area (Å²) in [5.74, 6) is 0. The third-order valence-electron chi connectivity index (χ3n) is 5.40. The van der Waals surface area contributed by atoms with E-state index >= 15 is 0 Å². The molecule has 2 aromatic rings. The van der Waals surface area contributed by atoms with Crippen LogP contribution in [-0.2, 0) is 27.9 Å². The summed E-state index contributed by atoms with van der Waals surface area (Å²) in [5, 5.41) is 12.7. The van der Waals surface area contributed by atoms with Crippen LogP contribution in [0.2, 0.25) is 0 Å². The summed E-state index contributed by atoms with van der Waals surface area (Å²) in [6.45, 7) is 2.25. The van der Waals surface area contributed by atoms with Crippen LogP contribution >= 0.6 is 0 Å². The van der Waals surface area contributed by atoms with Gasteiger partial charge in [0.15, 0.2) is 0 Å². The number of ether oxygens (including phenoxy) is 1. The van der Waals surface area contributed by atoms with E-state index < -0.39 is 10.2 Å². The number of hydrogen-bond acceptors (Lipinski definition) is 5. The number of hydrogen-bond donors (Lipinski definition) is 1. The van der Waals surface area contributed by atoms with Gasteiger partial charge in [0.05, 0.1) is 24.8 Å². The first-order chi connectivity index (χ1) is 14.1. The molecule has 0 radical (unpaired) electrons. The Morgan fingerprint density at radius 1 is 1.14 bits per heavy atom. The lowest BCUT2D eigenvalue weighted by Gasteiger charge is -2.35. The van der Waals surface area contributed by atoms with E-state index in [9.17, 15) is 13.7 Å². The minimum Gasteiger partial charge on any atom is -0.383 e. The molecule has 2 heterocycles. The molecule has 1 saturated heterocycles. The highest BCUT2D eigenvalue weighted by Crippen LogP contribution is 2.28. The molecular weight excluding hydrogens is 388 g/mol. The largest absolute Gasteiger partial charge is 0.383 e. The Balaban J connectivity index is 1.70. The van der Waals surface area contributed by atoms with Crippen LogP contribution < -0.4 is 5.32 Å². The Kier molecular flexibility index (Phi) is 5.83. The second-order valence-corrected chi connectivity index (χ2v) is 9.15. The quantitative estimate of drug-likeness (QED) is 0.830. The third-order valence-corrected chi connectivity index (χ3v) is 7.44. The van der Waals surface area contributed by atoms with Crippen molar-refractivity contribution in [1.82, 2.24) is 8.61 Å². The zero-order valence-corrected chi connectivity index (χ0v) is 16.9. The van der Waals surface area contributed by atoms with Crippen LogP contribution in [-0.4, -0.2) is 55.9 Å². The summed E-state index contributed by atoms with van der Waals surface area (Å²) in [4.78, 5) is 0. The summed E-state index contributed by atoms with van der Waals surface area (Å²) in [6.07, 6.45) is 0.608. The summed E-state index contributed by atoms with van der Waals surface area (Å²) < 4.78 is 35.6. The molecule has 0 unspecified atom stereocenters. The van der Waals surface area contributed by atoms with Gasteiger partial charge in [-0.25, -0.2) is 0 Å². The minimum absolute atomic E-state index is 0.231. The van der Waals surface area contributed by atoms with Crippen molar-refractivity contribution in [2.75, 3.05) is 38.2 Å². The molecule has 0 aromatic heterocycles. The monoisotopic (exact) mass is 412 g/mol. The number of nitriles is 1. The van der Waals surface area contributed by atoms with E-state index in [1.807, 2.05) is 36.4 Å². The van der Waals surface area contributed by atoms with Crippen LogP contribution in [0.1, 0.15) is 16.7 Å². The van der Waals surface area contributed by atoms with Gasteiger partial charge in [-0.2, -0.15) is 22.3 Å². The predicted octanol–water partition coefficient (Wildman–Crippen LogP) is 1.97. The molecule has 4 rings (SSSR count). The maximum absolute atomic E-state index is 13.6. The lowest BCUT2D eigenvalue weighted by atomic mass is 10.1. The molecule has 0 spiro atoms. The second kappa shape index (κ2) is 8.51. The number of rotatable bonds is 4. The molecule has 2 aliphatic heterocycles. The first-order valence-electron chi connectivity index (χ1n) is 9.73. The molecule has 0 aliphatic carbocycles. The van der Waals surface area contributed by atoms with Gasteiger partial charge in [0.25, 0.3) is 10.2 Å². The first kappa shape index (κ1) is 19.9. The standard InChI is InChI=1S/C21H24N4O3S/c22-14-18-6-7-21-19(12-18)16-25(29(26,27)24-8-10-28-11-9-24)20(15-23-21)13-17-4-2-1-3-5-17/h1-7,12,20,23H,8-11,13,15-16H2/t20-/m1/s1. The molecule has 2 aliphatic rings. The van der Waals surface area contributed by atoms with E-state index in [4.69, 9.17) is 4.74 Å². The molecule has 8 heteroatoms. The summed E-state index contributed by atoms with van der Waals surface area (Å²) in [7, 11) is -3.68. The fraction of sp³-hybridized carbons (Fsp3) is 0.381. The molecular formula is C21H24N4O3S. The maximum atomic E-state index is 13.6. The van der Waals surface area contributed by atoms with Crippen molar-refractivity contribution in [3.8, 4) is 6.07 Å². The highest BCUT2D eigenvalue weighted by Gasteiger charge is 2.37. The number of fused-ring (bicyclic) bond motifs is 1. The Hall–Kier alpha value is -2.44. The van der Waals surface area contributed by atoms with E-state index in [1.165, 1.54) is 4.31 Å². The molecule has 0 saturated carbocycles. The normalized spacial score (nSPS) is 20.9. The maximum Gasteiger partial charge on any atom is 0.282 e. The Morgan fingerprint density at radius 3 is 2.62 bits per heavy atom. The number of anilines is 1. The van der Waals surface area contributed by atoms with Crippen molar-refractivity contribution < 1.29 is 13.2 Å². The van der Waals surface area contributed by atoms with Gasteiger partial charge in [-0.3, -0.25) is 0 Å². The molecule has 0 amide bonds. The molecule has 152 valence electrons. The van der Waals surface area contributed by atoms with Crippen molar-refractivity contribution >= 4 is 15.9 Å². The van der Waals surface area contributed by atoms with Gasteiger partial charge in [-0.05, 0) is 35.7 Å². The average Bonchev–Trinajstić information content (AvgIpc) is 2.94. The number of nitrogens with one attached hydrogen (secondary N) is 1. The van der Waals surface area contributed by atoms with E-state index in [1.54, 1.807) is 16.4 Å². The SMILES string of the molecule is N#Cc1ccc2c(c1)CN(S(=O)(=O)N1CCOCC1)[C@H](Cc1ccccc1)CN2. The minimum atomic E-state index is -3.68. The number of morpholine rings is 1.